The number of likely N-dealkylation sites (N-methyl/N-ethyl adjacent to an activating group) is 1. The molecule has 1 aromatic rings. The van der Waals surface area contributed by atoms with Crippen LogP contribution in [-0.2, 0) is 0 Å². The maximum atomic E-state index is 4.96. The van der Waals surface area contributed by atoms with E-state index >= 15 is 0 Å². The summed E-state index contributed by atoms with van der Waals surface area (Å²) in [4.78, 5) is 12.9. The van der Waals surface area contributed by atoms with Crippen LogP contribution in [0.1, 0.15) is 53.0 Å². The van der Waals surface area contributed by atoms with Crippen molar-refractivity contribution < 1.29 is 0 Å². The van der Waals surface area contributed by atoms with Crippen LogP contribution in [0.25, 0.3) is 11.6 Å². The van der Waals surface area contributed by atoms with Crippen molar-refractivity contribution in [2.45, 2.75) is 54.4 Å². The molecule has 2 heterocycles. The van der Waals surface area contributed by atoms with Crippen molar-refractivity contribution in [1.82, 2.24) is 10.3 Å². The van der Waals surface area contributed by atoms with E-state index in [-0.39, 0.29) is 0 Å². The highest BCUT2D eigenvalue weighted by Gasteiger charge is 2.21. The van der Waals surface area contributed by atoms with Gasteiger partial charge in [-0.15, -0.1) is 0 Å². The number of hydrogen-bond acceptors (Lipinski definition) is 3. The zero-order valence-corrected chi connectivity index (χ0v) is 18.1. The third kappa shape index (κ3) is 4.88. The molecule has 1 aromatic heterocycles. The van der Waals surface area contributed by atoms with E-state index in [2.05, 4.69) is 75.1 Å². The molecule has 27 heavy (non-hydrogen) atoms. The number of H-pyrrole nitrogens is 1. The van der Waals surface area contributed by atoms with E-state index in [4.69, 9.17) is 4.99 Å². The predicted octanol–water partition coefficient (Wildman–Crippen LogP) is 3.63. The number of aromatic nitrogens is 1. The SMILES string of the molecule is CCC(/C=c1\[nH]/c(=C(/C)C2=N/C(=C\C(NC)=C(C)C)C(C)C2)cc1C)=NC. The van der Waals surface area contributed by atoms with Gasteiger partial charge in [0.1, 0.15) is 0 Å². The van der Waals surface area contributed by atoms with Gasteiger partial charge in [-0.3, -0.25) is 9.98 Å². The Balaban J connectivity index is 2.49. The van der Waals surface area contributed by atoms with Gasteiger partial charge in [-0.1, -0.05) is 19.4 Å². The molecule has 1 atom stereocenters. The van der Waals surface area contributed by atoms with E-state index in [0.29, 0.717) is 5.92 Å². The summed E-state index contributed by atoms with van der Waals surface area (Å²) in [6, 6.07) is 2.22. The van der Waals surface area contributed by atoms with Crippen LogP contribution >= 0.6 is 0 Å². The van der Waals surface area contributed by atoms with Crippen molar-refractivity contribution in [3.63, 3.8) is 0 Å². The molecule has 0 fully saturated rings. The van der Waals surface area contributed by atoms with E-state index in [9.17, 15) is 0 Å². The first-order chi connectivity index (χ1) is 12.8. The molecular formula is C23H34N4. The molecule has 0 aromatic carbocycles. The fourth-order valence-electron chi connectivity index (χ4n) is 3.30. The molecule has 1 aliphatic heterocycles. The van der Waals surface area contributed by atoms with Crippen LogP contribution in [0, 0.1) is 12.8 Å². The molecule has 0 radical (unpaired) electrons. The van der Waals surface area contributed by atoms with Gasteiger partial charge in [-0.05, 0) is 69.9 Å². The van der Waals surface area contributed by atoms with Crippen LogP contribution in [0.2, 0.25) is 0 Å². The van der Waals surface area contributed by atoms with Gasteiger partial charge < -0.3 is 10.3 Å². The first-order valence-corrected chi connectivity index (χ1v) is 9.79. The number of aliphatic imine (C=N–C) groups is 2. The van der Waals surface area contributed by atoms with Gasteiger partial charge in [0.2, 0.25) is 0 Å². The van der Waals surface area contributed by atoms with Gasteiger partial charge in [0.05, 0.1) is 0 Å². The molecule has 1 unspecified atom stereocenters. The van der Waals surface area contributed by atoms with Crippen molar-refractivity contribution in [2.75, 3.05) is 14.1 Å². The molecule has 1 aliphatic rings. The van der Waals surface area contributed by atoms with Crippen molar-refractivity contribution in [3.8, 4) is 0 Å². The Labute approximate surface area is 163 Å². The molecule has 0 saturated carbocycles. The summed E-state index contributed by atoms with van der Waals surface area (Å²) < 4.78 is 0. The van der Waals surface area contributed by atoms with Crippen LogP contribution in [0.5, 0.6) is 0 Å². The summed E-state index contributed by atoms with van der Waals surface area (Å²) in [7, 11) is 3.81. The minimum absolute atomic E-state index is 0.429. The van der Waals surface area contributed by atoms with Crippen LogP contribution in [0.4, 0.5) is 0 Å². The minimum Gasteiger partial charge on any atom is -0.388 e. The number of aryl methyl sites for hydroxylation is 1. The zero-order valence-electron chi connectivity index (χ0n) is 18.1. The standard InChI is InChI=1S/C23H34N4/c1-9-18(24-7)12-20-15(4)10-22(26-20)17(6)23-11-16(5)21(27-23)13-19(25-8)14(2)3/h10,12-13,16,25-26H,9,11H2,1-8H3/b20-12-,21-13-,22-17-,24-18?. The first kappa shape index (κ1) is 20.9. The number of allylic oxidation sites excluding steroid dienone is 3. The normalized spacial score (nSPS) is 20.8. The number of aromatic amines is 1. The van der Waals surface area contributed by atoms with Crippen molar-refractivity contribution in [2.24, 2.45) is 15.9 Å². The zero-order chi connectivity index (χ0) is 20.1. The summed E-state index contributed by atoms with van der Waals surface area (Å²) in [6.07, 6.45) is 6.24. The second-order valence-electron chi connectivity index (χ2n) is 7.51. The fourth-order valence-corrected chi connectivity index (χ4v) is 3.30. The summed E-state index contributed by atoms with van der Waals surface area (Å²) in [5.41, 5.74) is 8.31. The second-order valence-corrected chi connectivity index (χ2v) is 7.51. The van der Waals surface area contributed by atoms with Gasteiger partial charge in [0.15, 0.2) is 0 Å². The van der Waals surface area contributed by atoms with Crippen LogP contribution in [0.15, 0.2) is 39.1 Å². The van der Waals surface area contributed by atoms with Crippen LogP contribution < -0.4 is 16.0 Å². The van der Waals surface area contributed by atoms with E-state index in [1.807, 2.05) is 14.1 Å². The largest absolute Gasteiger partial charge is 0.388 e. The van der Waals surface area contributed by atoms with Crippen molar-refractivity contribution in [3.05, 3.63) is 45.4 Å². The summed E-state index contributed by atoms with van der Waals surface area (Å²) in [5, 5.41) is 5.55. The summed E-state index contributed by atoms with van der Waals surface area (Å²) >= 11 is 0. The highest BCUT2D eigenvalue weighted by atomic mass is 14.9. The number of rotatable bonds is 5. The molecule has 2 N–H and O–H groups in total. The average Bonchev–Trinajstić information content (AvgIpc) is 3.19. The monoisotopic (exact) mass is 366 g/mol. The Bertz CT molecular complexity index is 932. The van der Waals surface area contributed by atoms with Gasteiger partial charge in [0, 0.05) is 53.5 Å². The van der Waals surface area contributed by atoms with Gasteiger partial charge in [-0.25, -0.2) is 0 Å². The quantitative estimate of drug-likeness (QED) is 0.768. The molecule has 0 bridgehead atoms. The lowest BCUT2D eigenvalue weighted by atomic mass is 10.0. The molecule has 0 aliphatic carbocycles. The van der Waals surface area contributed by atoms with Gasteiger partial charge in [-0.2, -0.15) is 0 Å². The van der Waals surface area contributed by atoms with Crippen molar-refractivity contribution in [1.29, 1.82) is 0 Å². The van der Waals surface area contributed by atoms with E-state index < -0.39 is 0 Å². The molecule has 0 spiro atoms. The Hall–Kier alpha value is -2.36. The van der Waals surface area contributed by atoms with Crippen LogP contribution in [0.3, 0.4) is 0 Å². The molecule has 0 amide bonds. The topological polar surface area (TPSA) is 52.5 Å². The molecule has 0 saturated heterocycles. The lowest BCUT2D eigenvalue weighted by Gasteiger charge is -2.07. The molecule has 146 valence electrons. The van der Waals surface area contributed by atoms with E-state index in [0.717, 1.165) is 40.6 Å². The number of nitrogens with zero attached hydrogens (tertiary/aromatic N) is 2. The minimum atomic E-state index is 0.429. The lowest BCUT2D eigenvalue weighted by molar-refractivity contribution is 0.741. The van der Waals surface area contributed by atoms with E-state index in [1.165, 1.54) is 22.4 Å². The molecule has 4 heteroatoms. The predicted molar refractivity (Wildman–Crippen MR) is 119 cm³/mol. The third-order valence-electron chi connectivity index (χ3n) is 5.22. The third-order valence-corrected chi connectivity index (χ3v) is 5.22. The Morgan fingerprint density at radius 3 is 2.59 bits per heavy atom. The maximum absolute atomic E-state index is 4.96. The number of nitrogens with one attached hydrogen (secondary N) is 2. The molecular weight excluding hydrogens is 332 g/mol. The first-order valence-electron chi connectivity index (χ1n) is 9.79. The summed E-state index contributed by atoms with van der Waals surface area (Å²) in [6.45, 7) is 12.9. The lowest BCUT2D eigenvalue weighted by Crippen LogP contribution is -2.17. The van der Waals surface area contributed by atoms with E-state index in [1.54, 1.807) is 0 Å². The summed E-state index contributed by atoms with van der Waals surface area (Å²) in [5.74, 6) is 0.429. The maximum Gasteiger partial charge on any atom is 0.0463 e. The highest BCUT2D eigenvalue weighted by Crippen LogP contribution is 2.28. The Morgan fingerprint density at radius 1 is 1.33 bits per heavy atom. The fraction of sp³-hybridized carbons (Fsp3) is 0.478. The average molecular weight is 367 g/mol. The van der Waals surface area contributed by atoms with Gasteiger partial charge in [0.25, 0.3) is 0 Å². The van der Waals surface area contributed by atoms with Crippen LogP contribution in [-0.4, -0.2) is 30.5 Å². The number of hydrogen-bond donors (Lipinski definition) is 2. The van der Waals surface area contributed by atoms with Crippen molar-refractivity contribution >= 4 is 23.1 Å². The second kappa shape index (κ2) is 9.03. The Kier molecular flexibility index (Phi) is 7.00. The molecule has 4 nitrogen and oxygen atoms in total. The smallest absolute Gasteiger partial charge is 0.0463 e. The van der Waals surface area contributed by atoms with Gasteiger partial charge >= 0.3 is 0 Å². The Morgan fingerprint density at radius 2 is 2.04 bits per heavy atom. The highest BCUT2D eigenvalue weighted by molar-refractivity contribution is 6.19. The molecule has 2 rings (SSSR count).